The van der Waals surface area contributed by atoms with Gasteiger partial charge >= 0.3 is 0 Å². The highest BCUT2D eigenvalue weighted by molar-refractivity contribution is 7.09. The van der Waals surface area contributed by atoms with Gasteiger partial charge in [0.1, 0.15) is 28.9 Å². The summed E-state index contributed by atoms with van der Waals surface area (Å²) in [6.45, 7) is 2.55. The monoisotopic (exact) mass is 487 g/mol. The molecule has 0 spiro atoms. The number of hydrogen-bond donors (Lipinski definition) is 2. The van der Waals surface area contributed by atoms with Gasteiger partial charge in [0, 0.05) is 23.4 Å². The number of carbonyl (C=O) groups is 1. The van der Waals surface area contributed by atoms with E-state index in [4.69, 9.17) is 4.74 Å². The molecule has 34 heavy (non-hydrogen) atoms. The lowest BCUT2D eigenvalue weighted by atomic mass is 9.85. The molecule has 0 saturated carbocycles. The molecule has 0 radical (unpaired) electrons. The smallest absolute Gasteiger partial charge is 0.182 e. The number of rotatable bonds is 9. The first-order valence-corrected chi connectivity index (χ1v) is 11.4. The van der Waals surface area contributed by atoms with Crippen LogP contribution in [0.1, 0.15) is 45.8 Å². The topological polar surface area (TPSA) is 97.0 Å². The van der Waals surface area contributed by atoms with Crippen molar-refractivity contribution in [2.45, 2.75) is 38.9 Å². The van der Waals surface area contributed by atoms with Crippen LogP contribution in [-0.2, 0) is 18.6 Å². The van der Waals surface area contributed by atoms with E-state index in [1.807, 2.05) is 0 Å². The highest BCUT2D eigenvalue weighted by Crippen LogP contribution is 2.33. The Morgan fingerprint density at radius 3 is 2.56 bits per heavy atom. The van der Waals surface area contributed by atoms with Crippen LogP contribution >= 0.6 is 11.3 Å². The van der Waals surface area contributed by atoms with Crippen molar-refractivity contribution in [3.63, 3.8) is 0 Å². The number of aromatic nitrogens is 3. The molecular formula is C24H23F2N3O4S. The number of aliphatic hydroxyl groups is 2. The van der Waals surface area contributed by atoms with Gasteiger partial charge in [0.2, 0.25) is 0 Å². The second-order valence-corrected chi connectivity index (χ2v) is 9.08. The fraction of sp³-hybridized carbons (Fsp3) is 0.292. The summed E-state index contributed by atoms with van der Waals surface area (Å²) in [5.41, 5.74) is 0.439. The molecule has 0 bridgehead atoms. The molecule has 0 saturated heterocycles. The first-order chi connectivity index (χ1) is 16.3. The van der Waals surface area contributed by atoms with Crippen molar-refractivity contribution in [2.24, 2.45) is 0 Å². The molecule has 4 rings (SSSR count). The van der Waals surface area contributed by atoms with Crippen LogP contribution in [0.5, 0.6) is 5.75 Å². The van der Waals surface area contributed by atoms with Gasteiger partial charge < -0.3 is 14.9 Å². The van der Waals surface area contributed by atoms with Crippen LogP contribution in [0.3, 0.4) is 0 Å². The van der Waals surface area contributed by atoms with Crippen molar-refractivity contribution in [3.05, 3.63) is 81.2 Å². The summed E-state index contributed by atoms with van der Waals surface area (Å²) in [5, 5.41) is 21.6. The van der Waals surface area contributed by atoms with Gasteiger partial charge in [0.25, 0.3) is 0 Å². The molecule has 0 amide bonds. The van der Waals surface area contributed by atoms with Crippen LogP contribution in [0.15, 0.2) is 41.9 Å². The molecule has 178 valence electrons. The van der Waals surface area contributed by atoms with Gasteiger partial charge in [-0.05, 0) is 31.2 Å². The number of nitrogens with zero attached hydrogens (tertiary/aromatic N) is 3. The quantitative estimate of drug-likeness (QED) is 0.347. The predicted molar refractivity (Wildman–Crippen MR) is 122 cm³/mol. The normalized spacial score (nSPS) is 13.2. The van der Waals surface area contributed by atoms with E-state index in [1.165, 1.54) is 17.4 Å². The lowest BCUT2D eigenvalue weighted by Crippen LogP contribution is -2.30. The van der Waals surface area contributed by atoms with Gasteiger partial charge in [-0.1, -0.05) is 13.0 Å². The molecule has 4 aromatic rings. The highest BCUT2D eigenvalue weighted by Gasteiger charge is 2.34. The fourth-order valence-corrected chi connectivity index (χ4v) is 4.68. The third-order valence-electron chi connectivity index (χ3n) is 5.62. The molecule has 0 aliphatic heterocycles. The van der Waals surface area contributed by atoms with Gasteiger partial charge in [0.15, 0.2) is 17.2 Å². The maximum Gasteiger partial charge on any atom is 0.182 e. The van der Waals surface area contributed by atoms with Gasteiger partial charge in [0.05, 0.1) is 30.2 Å². The molecule has 7 nitrogen and oxygen atoms in total. The number of aryl methyl sites for hydroxylation is 1. The first kappa shape index (κ1) is 23.9. The van der Waals surface area contributed by atoms with Crippen molar-refractivity contribution < 1.29 is 28.5 Å². The SMILES string of the molecule is Cc1nc2c(OCc3c(F)cccc3F)cccn2c1C(=O)C[C@@](C)(CO)c1nc(CO)cs1. The molecule has 2 N–H and O–H groups in total. The molecule has 3 aromatic heterocycles. The van der Waals surface area contributed by atoms with E-state index >= 15 is 0 Å². The number of ether oxygens (including phenoxy) is 1. The number of thiazole rings is 1. The maximum atomic E-state index is 14.0. The van der Waals surface area contributed by atoms with Gasteiger partial charge in [-0.25, -0.2) is 18.7 Å². The minimum absolute atomic E-state index is 0.0396. The maximum absolute atomic E-state index is 14.0. The first-order valence-electron chi connectivity index (χ1n) is 10.5. The lowest BCUT2D eigenvalue weighted by molar-refractivity contribution is 0.0912. The molecule has 1 aromatic carbocycles. The number of Topliss-reactive ketones (excluding diaryl/α,β-unsaturated/α-hetero) is 1. The number of ketones is 1. The van der Waals surface area contributed by atoms with Crippen LogP contribution in [0.2, 0.25) is 0 Å². The predicted octanol–water partition coefficient (Wildman–Crippen LogP) is 3.97. The Labute approximate surface area is 198 Å². The van der Waals surface area contributed by atoms with E-state index in [1.54, 1.807) is 42.0 Å². The standard InChI is InChI=1S/C24H23F2N3O4S/c1-14-21(19(32)9-24(2,13-31)23-28-15(10-30)12-34-23)29-8-4-7-20(22(29)27-14)33-11-16-17(25)5-3-6-18(16)26/h3-8,12,30-31H,9-11,13H2,1-2H3/t24-/m0/s1. The molecule has 0 fully saturated rings. The minimum Gasteiger partial charge on any atom is -0.485 e. The zero-order valence-corrected chi connectivity index (χ0v) is 19.4. The van der Waals surface area contributed by atoms with Gasteiger partial charge in [-0.15, -0.1) is 11.3 Å². The summed E-state index contributed by atoms with van der Waals surface area (Å²) >= 11 is 1.27. The zero-order chi connectivity index (χ0) is 24.5. The molecule has 1 atom stereocenters. The van der Waals surface area contributed by atoms with Gasteiger partial charge in [-0.2, -0.15) is 0 Å². The Morgan fingerprint density at radius 1 is 1.18 bits per heavy atom. The summed E-state index contributed by atoms with van der Waals surface area (Å²) in [4.78, 5) is 22.1. The zero-order valence-electron chi connectivity index (χ0n) is 18.6. The fourth-order valence-electron chi connectivity index (χ4n) is 3.72. The second-order valence-electron chi connectivity index (χ2n) is 8.22. The molecular weight excluding hydrogens is 464 g/mol. The number of hydrogen-bond acceptors (Lipinski definition) is 7. The molecule has 0 aliphatic rings. The number of halogens is 2. The Hall–Kier alpha value is -3.21. The van der Waals surface area contributed by atoms with E-state index in [0.29, 0.717) is 27.7 Å². The summed E-state index contributed by atoms with van der Waals surface area (Å²) < 4.78 is 35.2. The molecule has 0 aliphatic carbocycles. The number of fused-ring (bicyclic) bond motifs is 1. The van der Waals surface area contributed by atoms with E-state index in [2.05, 4.69) is 9.97 Å². The molecule has 0 unspecified atom stereocenters. The Balaban J connectivity index is 1.63. The van der Waals surface area contributed by atoms with Crippen molar-refractivity contribution in [1.29, 1.82) is 0 Å². The van der Waals surface area contributed by atoms with Crippen molar-refractivity contribution in [3.8, 4) is 5.75 Å². The Bertz CT molecular complexity index is 1330. The Morgan fingerprint density at radius 2 is 1.91 bits per heavy atom. The lowest BCUT2D eigenvalue weighted by Gasteiger charge is -2.24. The highest BCUT2D eigenvalue weighted by atomic mass is 32.1. The largest absolute Gasteiger partial charge is 0.485 e. The molecule has 10 heteroatoms. The average Bonchev–Trinajstić information content (AvgIpc) is 3.43. The van der Waals surface area contributed by atoms with Crippen molar-refractivity contribution in [2.75, 3.05) is 6.61 Å². The van der Waals surface area contributed by atoms with Crippen LogP contribution in [0.25, 0.3) is 5.65 Å². The third kappa shape index (κ3) is 4.44. The Kier molecular flexibility index (Phi) is 6.74. The number of benzene rings is 1. The average molecular weight is 488 g/mol. The number of aliphatic hydroxyl groups excluding tert-OH is 2. The van der Waals surface area contributed by atoms with Gasteiger partial charge in [-0.3, -0.25) is 9.20 Å². The van der Waals surface area contributed by atoms with Crippen LogP contribution < -0.4 is 4.74 Å². The summed E-state index contributed by atoms with van der Waals surface area (Å²) in [6.07, 6.45) is 1.62. The van der Waals surface area contributed by atoms with E-state index in [0.717, 1.165) is 12.1 Å². The minimum atomic E-state index is -0.942. The summed E-state index contributed by atoms with van der Waals surface area (Å²) in [7, 11) is 0. The summed E-state index contributed by atoms with van der Waals surface area (Å²) in [5.74, 6) is -1.42. The van der Waals surface area contributed by atoms with Crippen molar-refractivity contribution >= 4 is 22.8 Å². The van der Waals surface area contributed by atoms with Crippen LogP contribution in [0, 0.1) is 18.6 Å². The van der Waals surface area contributed by atoms with E-state index < -0.39 is 17.0 Å². The third-order valence-corrected chi connectivity index (χ3v) is 6.81. The van der Waals surface area contributed by atoms with Crippen LogP contribution in [0.4, 0.5) is 8.78 Å². The van der Waals surface area contributed by atoms with Crippen LogP contribution in [-0.4, -0.2) is 37.0 Å². The number of pyridine rings is 1. The number of carbonyl (C=O) groups excluding carboxylic acids is 1. The molecule has 3 heterocycles. The second kappa shape index (κ2) is 9.57. The summed E-state index contributed by atoms with van der Waals surface area (Å²) in [6, 6.07) is 6.85. The van der Waals surface area contributed by atoms with Crippen molar-refractivity contribution in [1.82, 2.24) is 14.4 Å². The van der Waals surface area contributed by atoms with E-state index in [-0.39, 0.29) is 43.3 Å². The number of imidazole rings is 1. The van der Waals surface area contributed by atoms with E-state index in [9.17, 15) is 23.8 Å².